The summed E-state index contributed by atoms with van der Waals surface area (Å²) < 4.78 is 0. The van der Waals surface area contributed by atoms with E-state index in [1.165, 1.54) is 12.8 Å². The van der Waals surface area contributed by atoms with E-state index in [-0.39, 0.29) is 35.7 Å². The molecule has 1 N–H and O–H groups in total. The number of piperazine rings is 1. The van der Waals surface area contributed by atoms with E-state index < -0.39 is 0 Å². The number of hydrogen-bond acceptors (Lipinski definition) is 2. The van der Waals surface area contributed by atoms with Gasteiger partial charge in [-0.3, -0.25) is 9.59 Å². The lowest BCUT2D eigenvalue weighted by molar-refractivity contribution is -0.153. The second-order valence-corrected chi connectivity index (χ2v) is 7.22. The standard InChI is InChI=1S/C16H28N2O2/c1-9(2)13-16(20)18(8-11(5)12-6-7-12)14(10(3)4)15(19)17-13/h9-14H,6-8H2,1-5H3,(H,17,19). The van der Waals surface area contributed by atoms with Crippen LogP contribution in [0.2, 0.25) is 0 Å². The van der Waals surface area contributed by atoms with Gasteiger partial charge in [0.15, 0.2) is 0 Å². The number of hydrogen-bond donors (Lipinski definition) is 1. The first-order chi connectivity index (χ1) is 9.32. The summed E-state index contributed by atoms with van der Waals surface area (Å²) in [6.45, 7) is 10.9. The summed E-state index contributed by atoms with van der Waals surface area (Å²) in [5.74, 6) is 1.65. The van der Waals surface area contributed by atoms with Crippen LogP contribution >= 0.6 is 0 Å². The second-order valence-electron chi connectivity index (χ2n) is 7.22. The minimum absolute atomic E-state index is 0.0151. The van der Waals surface area contributed by atoms with Gasteiger partial charge < -0.3 is 10.2 Å². The quantitative estimate of drug-likeness (QED) is 0.838. The first kappa shape index (κ1) is 15.3. The molecule has 1 aliphatic heterocycles. The average Bonchev–Trinajstić information content (AvgIpc) is 3.16. The van der Waals surface area contributed by atoms with Crippen molar-refractivity contribution in [3.8, 4) is 0 Å². The van der Waals surface area contributed by atoms with Crippen molar-refractivity contribution < 1.29 is 9.59 Å². The molecule has 4 heteroatoms. The first-order valence-corrected chi connectivity index (χ1v) is 7.93. The highest BCUT2D eigenvalue weighted by atomic mass is 16.2. The highest BCUT2D eigenvalue weighted by Gasteiger charge is 2.44. The van der Waals surface area contributed by atoms with Crippen molar-refractivity contribution in [1.82, 2.24) is 10.2 Å². The van der Waals surface area contributed by atoms with Crippen molar-refractivity contribution >= 4 is 11.8 Å². The Bertz CT molecular complexity index is 388. The van der Waals surface area contributed by atoms with Gasteiger partial charge in [-0.25, -0.2) is 0 Å². The normalized spacial score (nSPS) is 29.1. The van der Waals surface area contributed by atoms with Gasteiger partial charge in [0.1, 0.15) is 12.1 Å². The predicted octanol–water partition coefficient (Wildman–Crippen LogP) is 2.04. The Labute approximate surface area is 122 Å². The lowest BCUT2D eigenvalue weighted by atomic mass is 9.91. The maximum Gasteiger partial charge on any atom is 0.246 e. The van der Waals surface area contributed by atoms with Crippen LogP contribution < -0.4 is 5.32 Å². The van der Waals surface area contributed by atoms with E-state index in [9.17, 15) is 9.59 Å². The number of amides is 2. The third-order valence-electron chi connectivity index (χ3n) is 4.66. The molecule has 0 bridgehead atoms. The molecule has 4 nitrogen and oxygen atoms in total. The third-order valence-corrected chi connectivity index (χ3v) is 4.66. The Hall–Kier alpha value is -1.06. The summed E-state index contributed by atoms with van der Waals surface area (Å²) in [6.07, 6.45) is 2.55. The van der Waals surface area contributed by atoms with Gasteiger partial charge in [-0.05, 0) is 36.5 Å². The van der Waals surface area contributed by atoms with E-state index >= 15 is 0 Å². The molecule has 3 unspecified atom stereocenters. The highest BCUT2D eigenvalue weighted by Crippen LogP contribution is 2.37. The minimum Gasteiger partial charge on any atom is -0.342 e. The Balaban J connectivity index is 2.18. The lowest BCUT2D eigenvalue weighted by Crippen LogP contribution is -2.66. The molecule has 114 valence electrons. The summed E-state index contributed by atoms with van der Waals surface area (Å²) in [7, 11) is 0. The molecular weight excluding hydrogens is 252 g/mol. The smallest absolute Gasteiger partial charge is 0.246 e. The summed E-state index contributed by atoms with van der Waals surface area (Å²) in [6, 6.07) is -0.664. The van der Waals surface area contributed by atoms with Crippen molar-refractivity contribution in [1.29, 1.82) is 0 Å². The van der Waals surface area contributed by atoms with Crippen molar-refractivity contribution in [3.63, 3.8) is 0 Å². The number of carbonyl (C=O) groups is 2. The van der Waals surface area contributed by atoms with Crippen molar-refractivity contribution in [2.45, 2.75) is 59.5 Å². The molecule has 0 aromatic heterocycles. The number of carbonyl (C=O) groups excluding carboxylic acids is 2. The lowest BCUT2D eigenvalue weighted by Gasteiger charge is -2.43. The largest absolute Gasteiger partial charge is 0.342 e. The van der Waals surface area contributed by atoms with Gasteiger partial charge in [0, 0.05) is 6.54 Å². The van der Waals surface area contributed by atoms with Crippen LogP contribution in [0, 0.1) is 23.7 Å². The summed E-state index contributed by atoms with van der Waals surface area (Å²) in [5.41, 5.74) is 0. The zero-order valence-electron chi connectivity index (χ0n) is 13.3. The van der Waals surface area contributed by atoms with Gasteiger partial charge in [-0.15, -0.1) is 0 Å². The molecule has 3 atom stereocenters. The molecule has 0 spiro atoms. The zero-order chi connectivity index (χ0) is 15.0. The molecule has 0 aromatic carbocycles. The number of nitrogens with one attached hydrogen (secondary N) is 1. The highest BCUT2D eigenvalue weighted by molar-refractivity contribution is 5.97. The Morgan fingerprint density at radius 3 is 2.15 bits per heavy atom. The van der Waals surface area contributed by atoms with Gasteiger partial charge in [-0.2, -0.15) is 0 Å². The molecule has 0 aromatic rings. The van der Waals surface area contributed by atoms with Crippen molar-refractivity contribution in [2.75, 3.05) is 6.54 Å². The van der Waals surface area contributed by atoms with Crippen LogP contribution in [0.5, 0.6) is 0 Å². The van der Waals surface area contributed by atoms with Crippen LogP contribution in [-0.2, 0) is 9.59 Å². The fraction of sp³-hybridized carbons (Fsp3) is 0.875. The monoisotopic (exact) mass is 280 g/mol. The van der Waals surface area contributed by atoms with Crippen molar-refractivity contribution in [3.05, 3.63) is 0 Å². The molecule has 2 aliphatic rings. The molecule has 0 radical (unpaired) electrons. The molecule has 1 heterocycles. The van der Waals surface area contributed by atoms with Gasteiger partial charge in [0.05, 0.1) is 0 Å². The predicted molar refractivity (Wildman–Crippen MR) is 79.0 cm³/mol. The van der Waals surface area contributed by atoms with E-state index in [4.69, 9.17) is 0 Å². The van der Waals surface area contributed by atoms with Gasteiger partial charge in [0.2, 0.25) is 11.8 Å². The SMILES string of the molecule is CC(C)C1NC(=O)C(C(C)C)N(CC(C)C2CC2)C1=O. The van der Waals surface area contributed by atoms with Crippen LogP contribution in [0.4, 0.5) is 0 Å². The van der Waals surface area contributed by atoms with Crippen LogP contribution in [0.15, 0.2) is 0 Å². The topological polar surface area (TPSA) is 49.4 Å². The molecule has 2 rings (SSSR count). The van der Waals surface area contributed by atoms with Crippen molar-refractivity contribution in [2.24, 2.45) is 23.7 Å². The summed E-state index contributed by atoms with van der Waals surface area (Å²) in [5, 5.41) is 2.91. The van der Waals surface area contributed by atoms with Gasteiger partial charge >= 0.3 is 0 Å². The fourth-order valence-corrected chi connectivity index (χ4v) is 3.20. The molecule has 2 fully saturated rings. The van der Waals surface area contributed by atoms with Gasteiger partial charge in [-0.1, -0.05) is 34.6 Å². The fourth-order valence-electron chi connectivity index (χ4n) is 3.20. The first-order valence-electron chi connectivity index (χ1n) is 7.93. The van der Waals surface area contributed by atoms with Crippen LogP contribution in [0.1, 0.15) is 47.5 Å². The molecule has 2 amide bonds. The van der Waals surface area contributed by atoms with Crippen LogP contribution in [-0.4, -0.2) is 35.3 Å². The van der Waals surface area contributed by atoms with E-state index in [1.54, 1.807) is 0 Å². The average molecular weight is 280 g/mol. The molecule has 1 aliphatic carbocycles. The third kappa shape index (κ3) is 2.99. The maximum absolute atomic E-state index is 12.7. The van der Waals surface area contributed by atoms with Crippen LogP contribution in [0.3, 0.4) is 0 Å². The Kier molecular flexibility index (Phi) is 4.40. The Morgan fingerprint density at radius 1 is 1.10 bits per heavy atom. The van der Waals surface area contributed by atoms with E-state index in [0.717, 1.165) is 12.5 Å². The van der Waals surface area contributed by atoms with E-state index in [2.05, 4.69) is 12.2 Å². The molecule has 1 saturated carbocycles. The van der Waals surface area contributed by atoms with Crippen LogP contribution in [0.25, 0.3) is 0 Å². The van der Waals surface area contributed by atoms with E-state index in [1.807, 2.05) is 32.6 Å². The minimum atomic E-state index is -0.357. The maximum atomic E-state index is 12.7. The second kappa shape index (κ2) is 5.74. The summed E-state index contributed by atoms with van der Waals surface area (Å²) in [4.78, 5) is 26.9. The molecule has 1 saturated heterocycles. The van der Waals surface area contributed by atoms with Gasteiger partial charge in [0.25, 0.3) is 0 Å². The number of rotatable bonds is 5. The Morgan fingerprint density at radius 2 is 1.70 bits per heavy atom. The molecular formula is C16H28N2O2. The van der Waals surface area contributed by atoms with E-state index in [0.29, 0.717) is 5.92 Å². The molecule has 20 heavy (non-hydrogen) atoms. The summed E-state index contributed by atoms with van der Waals surface area (Å²) >= 11 is 0. The number of nitrogens with zero attached hydrogens (tertiary/aromatic N) is 1. The zero-order valence-corrected chi connectivity index (χ0v) is 13.3.